The van der Waals surface area contributed by atoms with Crippen molar-refractivity contribution < 1.29 is 19.1 Å². The zero-order valence-electron chi connectivity index (χ0n) is 24.0. The van der Waals surface area contributed by atoms with Crippen molar-refractivity contribution in [2.45, 2.75) is 71.8 Å². The van der Waals surface area contributed by atoms with Gasteiger partial charge in [0.2, 0.25) is 5.91 Å². The highest BCUT2D eigenvalue weighted by Gasteiger charge is 2.37. The van der Waals surface area contributed by atoms with Gasteiger partial charge >= 0.3 is 0 Å². The number of hydrogen-bond acceptors (Lipinski definition) is 5. The van der Waals surface area contributed by atoms with E-state index in [4.69, 9.17) is 4.74 Å². The van der Waals surface area contributed by atoms with Crippen molar-refractivity contribution in [1.82, 2.24) is 15.2 Å². The molecule has 2 heterocycles. The Balaban J connectivity index is 1.35. The summed E-state index contributed by atoms with van der Waals surface area (Å²) in [6.45, 7) is 7.93. The van der Waals surface area contributed by atoms with Crippen LogP contribution in [-0.2, 0) is 17.6 Å². The molecule has 2 aliphatic carbocycles. The van der Waals surface area contributed by atoms with Gasteiger partial charge in [-0.25, -0.2) is 0 Å². The van der Waals surface area contributed by atoms with E-state index in [9.17, 15) is 14.4 Å². The van der Waals surface area contributed by atoms with Gasteiger partial charge < -0.3 is 24.8 Å². The van der Waals surface area contributed by atoms with E-state index in [1.807, 2.05) is 44.1 Å². The van der Waals surface area contributed by atoms with Gasteiger partial charge in [-0.1, -0.05) is 32.8 Å². The fourth-order valence-corrected chi connectivity index (χ4v) is 6.05. The van der Waals surface area contributed by atoms with Crippen molar-refractivity contribution in [2.75, 3.05) is 38.7 Å². The Labute approximate surface area is 231 Å². The Morgan fingerprint density at radius 2 is 2.00 bits per heavy atom. The highest BCUT2D eigenvalue weighted by atomic mass is 16.5. The van der Waals surface area contributed by atoms with E-state index in [1.54, 1.807) is 0 Å². The Bertz CT molecular complexity index is 1270. The first-order valence-corrected chi connectivity index (χ1v) is 14.3. The summed E-state index contributed by atoms with van der Waals surface area (Å²) in [5, 5.41) is 3.06. The molecular formula is C31H42N4O4. The minimum Gasteiger partial charge on any atom is -0.492 e. The van der Waals surface area contributed by atoms with Gasteiger partial charge in [-0.3, -0.25) is 14.4 Å². The number of nitrogens with zero attached hydrogens (tertiary/aromatic N) is 2. The minimum atomic E-state index is -0.630. The average Bonchev–Trinajstić information content (AvgIpc) is 3.49. The van der Waals surface area contributed by atoms with Gasteiger partial charge in [-0.2, -0.15) is 0 Å². The molecule has 0 radical (unpaired) electrons. The van der Waals surface area contributed by atoms with Crippen LogP contribution in [0.4, 0.5) is 5.69 Å². The molecular weight excluding hydrogens is 492 g/mol. The number of ether oxygens (including phenoxy) is 1. The lowest BCUT2D eigenvalue weighted by molar-refractivity contribution is -0.120. The van der Waals surface area contributed by atoms with Gasteiger partial charge in [0.05, 0.1) is 5.69 Å². The lowest BCUT2D eigenvalue weighted by Gasteiger charge is -2.28. The summed E-state index contributed by atoms with van der Waals surface area (Å²) >= 11 is 0. The predicted molar refractivity (Wildman–Crippen MR) is 152 cm³/mol. The molecule has 2 N–H and O–H groups in total. The molecule has 3 aliphatic rings. The van der Waals surface area contributed by atoms with Crippen LogP contribution < -0.4 is 15.0 Å². The number of likely N-dealkylation sites (N-methyl/N-ethyl adjacent to an activating group) is 1. The lowest BCUT2D eigenvalue weighted by atomic mass is 9.75. The normalized spacial score (nSPS) is 18.6. The molecule has 2 aromatic rings. The number of carbonyl (C=O) groups is 3. The topological polar surface area (TPSA) is 94.7 Å². The molecule has 0 bridgehead atoms. The third-order valence-electron chi connectivity index (χ3n) is 8.34. The quantitative estimate of drug-likeness (QED) is 0.474. The van der Waals surface area contributed by atoms with Crippen molar-refractivity contribution in [3.05, 3.63) is 46.3 Å². The van der Waals surface area contributed by atoms with Crippen LogP contribution in [0.5, 0.6) is 5.75 Å². The summed E-state index contributed by atoms with van der Waals surface area (Å²) in [6.07, 6.45) is 5.81. The number of amides is 2. The number of aromatic nitrogens is 1. The number of rotatable bonds is 10. The molecule has 1 saturated carbocycles. The van der Waals surface area contributed by atoms with Gasteiger partial charge in [0.15, 0.2) is 5.78 Å². The van der Waals surface area contributed by atoms with Gasteiger partial charge in [-0.15, -0.1) is 0 Å². The highest BCUT2D eigenvalue weighted by Crippen LogP contribution is 2.38. The van der Waals surface area contributed by atoms with Crippen molar-refractivity contribution >= 4 is 23.3 Å². The molecule has 39 heavy (non-hydrogen) atoms. The van der Waals surface area contributed by atoms with Gasteiger partial charge in [0.1, 0.15) is 24.1 Å². The summed E-state index contributed by atoms with van der Waals surface area (Å²) in [4.78, 5) is 47.5. The molecule has 1 aromatic heterocycles. The molecule has 1 fully saturated rings. The molecule has 2 amide bonds. The maximum atomic E-state index is 13.9. The van der Waals surface area contributed by atoms with Crippen LogP contribution in [0.3, 0.4) is 0 Å². The summed E-state index contributed by atoms with van der Waals surface area (Å²) in [6, 6.07) is 5.23. The number of ketones is 1. The fraction of sp³-hybridized carbons (Fsp3) is 0.581. The Kier molecular flexibility index (Phi) is 7.60. The molecule has 1 atom stereocenters. The van der Waals surface area contributed by atoms with Crippen LogP contribution in [0, 0.1) is 18.3 Å². The summed E-state index contributed by atoms with van der Waals surface area (Å²) in [7, 11) is 4.02. The number of anilines is 1. The molecule has 5 rings (SSSR count). The molecule has 1 unspecified atom stereocenters. The van der Waals surface area contributed by atoms with Crippen LogP contribution in [0.15, 0.2) is 18.2 Å². The van der Waals surface area contributed by atoms with Crippen molar-refractivity contribution in [1.29, 1.82) is 0 Å². The first-order valence-electron chi connectivity index (χ1n) is 14.3. The number of aromatic amines is 1. The monoisotopic (exact) mass is 534 g/mol. The highest BCUT2D eigenvalue weighted by molar-refractivity contribution is 6.06. The maximum Gasteiger partial charge on any atom is 0.268 e. The van der Waals surface area contributed by atoms with E-state index in [-0.39, 0.29) is 23.0 Å². The summed E-state index contributed by atoms with van der Waals surface area (Å²) < 4.78 is 6.05. The second kappa shape index (κ2) is 10.8. The molecule has 1 aromatic carbocycles. The molecule has 8 nitrogen and oxygen atoms in total. The van der Waals surface area contributed by atoms with Crippen molar-refractivity contribution in [2.24, 2.45) is 11.3 Å². The first kappa shape index (κ1) is 27.4. The van der Waals surface area contributed by atoms with Crippen molar-refractivity contribution in [3.63, 3.8) is 0 Å². The standard InChI is InChI=1S/C31H42N4O4/c1-19-27-23(17-31(2,3)18-25(27)36)32-28(19)29(37)33-22(12-11-20-9-10-20)30(38)35-14-13-21-24(35)7-6-8-26(21)39-16-15-34(4)5/h6-8,20,22,32H,9-18H2,1-5H3,(H,33,37). The number of H-pyrrole nitrogens is 1. The number of nitrogens with one attached hydrogen (secondary N) is 2. The van der Waals surface area contributed by atoms with Crippen LogP contribution in [0.2, 0.25) is 0 Å². The largest absolute Gasteiger partial charge is 0.492 e. The van der Waals surface area contributed by atoms with E-state index in [0.29, 0.717) is 48.7 Å². The average molecular weight is 535 g/mol. The molecule has 1 aliphatic heterocycles. The first-order chi connectivity index (χ1) is 18.5. The van der Waals surface area contributed by atoms with Crippen LogP contribution in [-0.4, -0.2) is 67.3 Å². The van der Waals surface area contributed by atoms with E-state index < -0.39 is 6.04 Å². The predicted octanol–water partition coefficient (Wildman–Crippen LogP) is 4.30. The second-order valence-electron chi connectivity index (χ2n) is 12.6. The number of hydrogen-bond donors (Lipinski definition) is 2. The van der Waals surface area contributed by atoms with E-state index in [1.165, 1.54) is 12.8 Å². The smallest absolute Gasteiger partial charge is 0.268 e. The van der Waals surface area contributed by atoms with Gasteiger partial charge in [-0.05, 0) is 75.7 Å². The second-order valence-corrected chi connectivity index (χ2v) is 12.6. The maximum absolute atomic E-state index is 13.9. The third-order valence-corrected chi connectivity index (χ3v) is 8.34. The fourth-order valence-electron chi connectivity index (χ4n) is 6.05. The third kappa shape index (κ3) is 5.91. The van der Waals surface area contributed by atoms with Crippen LogP contribution in [0.25, 0.3) is 0 Å². The van der Waals surface area contributed by atoms with E-state index >= 15 is 0 Å². The minimum absolute atomic E-state index is 0.0766. The van der Waals surface area contributed by atoms with Crippen molar-refractivity contribution in [3.8, 4) is 5.75 Å². The van der Waals surface area contributed by atoms with E-state index in [2.05, 4.69) is 29.0 Å². The number of benzene rings is 1. The van der Waals surface area contributed by atoms with Crippen LogP contribution >= 0.6 is 0 Å². The molecule has 0 saturated heterocycles. The number of carbonyl (C=O) groups excluding carboxylic acids is 3. The van der Waals surface area contributed by atoms with Gasteiger partial charge in [0.25, 0.3) is 5.91 Å². The Morgan fingerprint density at radius 1 is 1.23 bits per heavy atom. The molecule has 8 heteroatoms. The molecule has 210 valence electrons. The zero-order chi connectivity index (χ0) is 27.9. The molecule has 0 spiro atoms. The Morgan fingerprint density at radius 3 is 2.72 bits per heavy atom. The van der Waals surface area contributed by atoms with E-state index in [0.717, 1.165) is 48.5 Å². The zero-order valence-corrected chi connectivity index (χ0v) is 24.0. The van der Waals surface area contributed by atoms with Gasteiger partial charge in [0, 0.05) is 36.3 Å². The summed E-state index contributed by atoms with van der Waals surface area (Å²) in [5.74, 6) is 1.14. The number of fused-ring (bicyclic) bond motifs is 2. The Hall–Kier alpha value is -3.13. The SMILES string of the molecule is Cc1c(C(=O)NC(CCC2CC2)C(=O)N2CCc3c(OCCN(C)C)cccc32)[nH]c2c1C(=O)CC(C)(C)C2. The number of Topliss-reactive ketones (excluding diaryl/α,β-unsaturated/α-hetero) is 1. The van der Waals surface area contributed by atoms with Crippen LogP contribution in [0.1, 0.15) is 83.6 Å². The lowest BCUT2D eigenvalue weighted by Crippen LogP contribution is -2.48. The summed E-state index contributed by atoms with van der Waals surface area (Å²) in [5.41, 5.74) is 4.33.